The molecule has 0 saturated carbocycles. The molecule has 0 radical (unpaired) electrons. The zero-order chi connectivity index (χ0) is 15.1. The topological polar surface area (TPSA) is 47.6 Å². The van der Waals surface area contributed by atoms with Crippen LogP contribution in [0.25, 0.3) is 0 Å². The van der Waals surface area contributed by atoms with Crippen LogP contribution in [-0.2, 0) is 4.79 Å². The largest absolute Gasteiger partial charge is 0.490 e. The molecule has 0 saturated heterocycles. The molecule has 4 nitrogen and oxygen atoms in total. The van der Waals surface area contributed by atoms with Gasteiger partial charge in [-0.05, 0) is 37.4 Å². The highest BCUT2D eigenvalue weighted by Gasteiger charge is 2.12. The van der Waals surface area contributed by atoms with Crippen LogP contribution in [0.2, 0.25) is 0 Å². The van der Waals surface area contributed by atoms with E-state index in [1.165, 1.54) is 0 Å². The quantitative estimate of drug-likeness (QED) is 0.853. The van der Waals surface area contributed by atoms with Gasteiger partial charge in [0.15, 0.2) is 18.1 Å². The summed E-state index contributed by atoms with van der Waals surface area (Å²) in [6, 6.07) is 11.3. The highest BCUT2D eigenvalue weighted by molar-refractivity contribution is 7.10. The summed E-state index contributed by atoms with van der Waals surface area (Å²) < 4.78 is 11.0. The highest BCUT2D eigenvalue weighted by atomic mass is 32.1. The number of para-hydroxylation sites is 2. The number of benzene rings is 1. The minimum absolute atomic E-state index is 0.0109. The molecule has 0 aliphatic carbocycles. The number of ether oxygens (including phenoxy) is 2. The molecule has 2 rings (SSSR count). The molecule has 0 unspecified atom stereocenters. The molecule has 2 aromatic rings. The Morgan fingerprint density at radius 3 is 2.52 bits per heavy atom. The molecule has 1 N–H and O–H groups in total. The third-order valence-electron chi connectivity index (χ3n) is 2.86. The minimum atomic E-state index is -0.151. The van der Waals surface area contributed by atoms with Crippen molar-refractivity contribution >= 4 is 17.2 Å². The third kappa shape index (κ3) is 4.49. The standard InChI is InChI=1S/C16H19NO3S/c1-3-19-13-7-4-5-8-14(13)20-11-16(18)17-12(2)15-9-6-10-21-15/h4-10,12H,3,11H2,1-2H3,(H,17,18)/t12-/m1/s1. The summed E-state index contributed by atoms with van der Waals surface area (Å²) in [5, 5.41) is 4.90. The molecule has 1 amide bonds. The van der Waals surface area contributed by atoms with E-state index in [0.717, 1.165) is 4.88 Å². The zero-order valence-corrected chi connectivity index (χ0v) is 13.0. The molecule has 1 heterocycles. The van der Waals surface area contributed by atoms with Crippen LogP contribution in [-0.4, -0.2) is 19.1 Å². The van der Waals surface area contributed by atoms with Gasteiger partial charge in [-0.25, -0.2) is 0 Å². The van der Waals surface area contributed by atoms with E-state index in [4.69, 9.17) is 9.47 Å². The van der Waals surface area contributed by atoms with E-state index in [2.05, 4.69) is 5.32 Å². The van der Waals surface area contributed by atoms with Gasteiger partial charge in [-0.3, -0.25) is 4.79 Å². The first-order valence-corrected chi connectivity index (χ1v) is 7.76. The SMILES string of the molecule is CCOc1ccccc1OCC(=O)N[C@H](C)c1cccs1. The fourth-order valence-corrected chi connectivity index (χ4v) is 2.61. The van der Waals surface area contributed by atoms with Crippen LogP contribution in [0.3, 0.4) is 0 Å². The van der Waals surface area contributed by atoms with Crippen molar-refractivity contribution in [1.29, 1.82) is 0 Å². The lowest BCUT2D eigenvalue weighted by Gasteiger charge is -2.14. The Kier molecular flexibility index (Phi) is 5.63. The summed E-state index contributed by atoms with van der Waals surface area (Å²) in [5.41, 5.74) is 0. The molecule has 1 aromatic heterocycles. The lowest BCUT2D eigenvalue weighted by Crippen LogP contribution is -2.30. The van der Waals surface area contributed by atoms with Crippen molar-refractivity contribution in [2.75, 3.05) is 13.2 Å². The Bertz CT molecular complexity index is 569. The van der Waals surface area contributed by atoms with Crippen LogP contribution in [0.1, 0.15) is 24.8 Å². The maximum absolute atomic E-state index is 11.9. The third-order valence-corrected chi connectivity index (χ3v) is 3.91. The smallest absolute Gasteiger partial charge is 0.258 e. The Morgan fingerprint density at radius 2 is 1.90 bits per heavy atom. The summed E-state index contributed by atoms with van der Waals surface area (Å²) in [7, 11) is 0. The lowest BCUT2D eigenvalue weighted by atomic mass is 10.3. The summed E-state index contributed by atoms with van der Waals surface area (Å²) in [5.74, 6) is 1.08. The van der Waals surface area contributed by atoms with Gasteiger partial charge in [0.05, 0.1) is 12.6 Å². The van der Waals surface area contributed by atoms with Gasteiger partial charge in [0, 0.05) is 4.88 Å². The number of hydrogen-bond acceptors (Lipinski definition) is 4. The molecule has 1 aromatic carbocycles. The molecule has 21 heavy (non-hydrogen) atoms. The van der Waals surface area contributed by atoms with E-state index < -0.39 is 0 Å². The summed E-state index contributed by atoms with van der Waals surface area (Å²) in [6.07, 6.45) is 0. The Morgan fingerprint density at radius 1 is 1.19 bits per heavy atom. The van der Waals surface area contributed by atoms with Gasteiger partial charge in [-0.2, -0.15) is 0 Å². The van der Waals surface area contributed by atoms with Gasteiger partial charge in [-0.15, -0.1) is 11.3 Å². The molecule has 0 aliphatic rings. The van der Waals surface area contributed by atoms with E-state index in [9.17, 15) is 4.79 Å². The summed E-state index contributed by atoms with van der Waals surface area (Å²) >= 11 is 1.62. The van der Waals surface area contributed by atoms with Gasteiger partial charge in [-0.1, -0.05) is 18.2 Å². The molecule has 0 fully saturated rings. The Balaban J connectivity index is 1.86. The number of carbonyl (C=O) groups is 1. The van der Waals surface area contributed by atoms with Gasteiger partial charge in [0.2, 0.25) is 0 Å². The predicted octanol–water partition coefficient (Wildman–Crippen LogP) is 3.40. The second-order valence-electron chi connectivity index (χ2n) is 4.47. The normalized spacial score (nSPS) is 11.7. The van der Waals surface area contributed by atoms with E-state index in [0.29, 0.717) is 18.1 Å². The second-order valence-corrected chi connectivity index (χ2v) is 5.45. The lowest BCUT2D eigenvalue weighted by molar-refractivity contribution is -0.123. The number of thiophene rings is 1. The maximum atomic E-state index is 11.9. The maximum Gasteiger partial charge on any atom is 0.258 e. The number of hydrogen-bond donors (Lipinski definition) is 1. The second kappa shape index (κ2) is 7.69. The van der Waals surface area contributed by atoms with E-state index >= 15 is 0 Å². The Labute approximate surface area is 128 Å². The van der Waals surface area contributed by atoms with Crippen molar-refractivity contribution in [2.45, 2.75) is 19.9 Å². The van der Waals surface area contributed by atoms with Gasteiger partial charge >= 0.3 is 0 Å². The average Bonchev–Trinajstić information content (AvgIpc) is 3.01. The molecule has 5 heteroatoms. The van der Waals surface area contributed by atoms with Crippen molar-refractivity contribution in [3.63, 3.8) is 0 Å². The number of amides is 1. The van der Waals surface area contributed by atoms with Crippen molar-refractivity contribution < 1.29 is 14.3 Å². The number of rotatable bonds is 7. The monoisotopic (exact) mass is 305 g/mol. The molecule has 0 spiro atoms. The van der Waals surface area contributed by atoms with E-state index in [1.807, 2.05) is 49.6 Å². The molecular weight excluding hydrogens is 286 g/mol. The van der Waals surface area contributed by atoms with E-state index in [-0.39, 0.29) is 18.6 Å². The average molecular weight is 305 g/mol. The van der Waals surface area contributed by atoms with Crippen molar-refractivity contribution in [1.82, 2.24) is 5.32 Å². The molecule has 0 aliphatic heterocycles. The zero-order valence-electron chi connectivity index (χ0n) is 12.2. The Hall–Kier alpha value is -2.01. The minimum Gasteiger partial charge on any atom is -0.490 e. The first kappa shape index (κ1) is 15.4. The fourth-order valence-electron chi connectivity index (χ4n) is 1.88. The van der Waals surface area contributed by atoms with Crippen LogP contribution in [0.15, 0.2) is 41.8 Å². The van der Waals surface area contributed by atoms with E-state index in [1.54, 1.807) is 17.4 Å². The predicted molar refractivity (Wildman–Crippen MR) is 84.0 cm³/mol. The first-order chi connectivity index (χ1) is 10.2. The van der Waals surface area contributed by atoms with Crippen LogP contribution in [0, 0.1) is 0 Å². The number of carbonyl (C=O) groups excluding carboxylic acids is 1. The fraction of sp³-hybridized carbons (Fsp3) is 0.312. The summed E-state index contributed by atoms with van der Waals surface area (Å²) in [4.78, 5) is 13.0. The molecule has 1 atom stereocenters. The van der Waals surface area contributed by atoms with Crippen molar-refractivity contribution in [3.05, 3.63) is 46.7 Å². The van der Waals surface area contributed by atoms with Gasteiger partial charge in [0.25, 0.3) is 5.91 Å². The van der Waals surface area contributed by atoms with Crippen LogP contribution in [0.4, 0.5) is 0 Å². The molecular formula is C16H19NO3S. The van der Waals surface area contributed by atoms with Crippen molar-refractivity contribution in [3.8, 4) is 11.5 Å². The first-order valence-electron chi connectivity index (χ1n) is 6.88. The van der Waals surface area contributed by atoms with Crippen LogP contribution >= 0.6 is 11.3 Å². The van der Waals surface area contributed by atoms with Crippen LogP contribution in [0.5, 0.6) is 11.5 Å². The van der Waals surface area contributed by atoms with Gasteiger partial charge < -0.3 is 14.8 Å². The highest BCUT2D eigenvalue weighted by Crippen LogP contribution is 2.26. The molecule has 0 bridgehead atoms. The van der Waals surface area contributed by atoms with Crippen molar-refractivity contribution in [2.24, 2.45) is 0 Å². The van der Waals surface area contributed by atoms with Gasteiger partial charge in [0.1, 0.15) is 0 Å². The summed E-state index contributed by atoms with van der Waals surface area (Å²) in [6.45, 7) is 4.39. The number of nitrogens with one attached hydrogen (secondary N) is 1. The molecule has 112 valence electrons. The van der Waals surface area contributed by atoms with Crippen LogP contribution < -0.4 is 14.8 Å².